The van der Waals surface area contributed by atoms with Crippen molar-refractivity contribution in [2.24, 2.45) is 5.41 Å². The molecule has 0 bridgehead atoms. The topological polar surface area (TPSA) is 83.1 Å². The van der Waals surface area contributed by atoms with Gasteiger partial charge in [0.1, 0.15) is 18.1 Å². The first-order valence-corrected chi connectivity index (χ1v) is 15.6. The van der Waals surface area contributed by atoms with Crippen LogP contribution in [0.3, 0.4) is 0 Å². The third kappa shape index (κ3) is 8.43. The lowest BCUT2D eigenvalue weighted by Gasteiger charge is -2.37. The minimum Gasteiger partial charge on any atom is -0.473 e. The standard InChI is InChI=1S/C39H41NO6/c1-38(2,3)36(41)45-34-21-19-32(20-22-34)39(37(42)46-33-17-11-6-12-18-33)25-23-31(24-26-39)35(43-27-29-13-7-4-8-14-29)40-44-28-30-15-9-5-10-16-30/h4-22,40H,23-28H2,1-3H3. The van der Waals surface area contributed by atoms with Gasteiger partial charge in [0, 0.05) is 0 Å². The van der Waals surface area contributed by atoms with Crippen molar-refractivity contribution >= 4 is 11.9 Å². The van der Waals surface area contributed by atoms with Crippen LogP contribution in [-0.2, 0) is 37.8 Å². The number of para-hydroxylation sites is 1. The molecule has 0 aliphatic heterocycles. The minimum absolute atomic E-state index is 0.322. The monoisotopic (exact) mass is 619 g/mol. The van der Waals surface area contributed by atoms with Crippen LogP contribution in [0, 0.1) is 5.41 Å². The predicted molar refractivity (Wildman–Crippen MR) is 176 cm³/mol. The molecule has 238 valence electrons. The van der Waals surface area contributed by atoms with Crippen molar-refractivity contribution in [1.29, 1.82) is 0 Å². The van der Waals surface area contributed by atoms with Crippen molar-refractivity contribution in [2.75, 3.05) is 0 Å². The fourth-order valence-corrected chi connectivity index (χ4v) is 5.30. The van der Waals surface area contributed by atoms with E-state index in [4.69, 9.17) is 19.0 Å². The summed E-state index contributed by atoms with van der Waals surface area (Å²) in [6.07, 6.45) is 2.15. The number of allylic oxidation sites excluding steroid dienone is 1. The Hall–Kier alpha value is -4.88. The highest BCUT2D eigenvalue weighted by atomic mass is 16.7. The van der Waals surface area contributed by atoms with Crippen LogP contribution in [0.2, 0.25) is 0 Å². The molecular weight excluding hydrogens is 578 g/mol. The lowest BCUT2D eigenvalue weighted by Crippen LogP contribution is -2.42. The van der Waals surface area contributed by atoms with Crippen molar-refractivity contribution in [1.82, 2.24) is 5.48 Å². The normalized spacial score (nSPS) is 16.3. The first kappa shape index (κ1) is 32.5. The van der Waals surface area contributed by atoms with Crippen molar-refractivity contribution in [3.8, 4) is 11.5 Å². The van der Waals surface area contributed by atoms with Crippen LogP contribution < -0.4 is 15.0 Å². The number of carbonyl (C=O) groups is 2. The van der Waals surface area contributed by atoms with Crippen LogP contribution in [0.5, 0.6) is 11.5 Å². The Kier molecular flexibility index (Phi) is 10.6. The summed E-state index contributed by atoms with van der Waals surface area (Å²) in [6.45, 7) is 6.17. The van der Waals surface area contributed by atoms with E-state index in [2.05, 4.69) is 5.48 Å². The largest absolute Gasteiger partial charge is 0.473 e. The van der Waals surface area contributed by atoms with E-state index in [-0.39, 0.29) is 11.9 Å². The quantitative estimate of drug-likeness (QED) is 0.0784. The van der Waals surface area contributed by atoms with E-state index in [1.807, 2.05) is 112 Å². The van der Waals surface area contributed by atoms with Crippen molar-refractivity contribution in [2.45, 2.75) is 65.1 Å². The molecule has 7 nitrogen and oxygen atoms in total. The molecular formula is C39H41NO6. The Labute approximate surface area is 271 Å². The number of esters is 2. The average molecular weight is 620 g/mol. The molecule has 1 N–H and O–H groups in total. The zero-order chi connectivity index (χ0) is 32.4. The molecule has 0 spiro atoms. The number of hydrogen-bond donors (Lipinski definition) is 1. The first-order valence-electron chi connectivity index (χ1n) is 15.6. The van der Waals surface area contributed by atoms with Crippen LogP contribution in [0.4, 0.5) is 0 Å². The third-order valence-electron chi connectivity index (χ3n) is 8.08. The highest BCUT2D eigenvalue weighted by Gasteiger charge is 2.44. The second-order valence-corrected chi connectivity index (χ2v) is 12.5. The summed E-state index contributed by atoms with van der Waals surface area (Å²) < 4.78 is 17.8. The zero-order valence-electron chi connectivity index (χ0n) is 26.7. The molecule has 1 aliphatic carbocycles. The van der Waals surface area contributed by atoms with E-state index in [9.17, 15) is 9.59 Å². The summed E-state index contributed by atoms with van der Waals surface area (Å²) in [5.74, 6) is 0.845. The van der Waals surface area contributed by atoms with E-state index < -0.39 is 10.8 Å². The summed E-state index contributed by atoms with van der Waals surface area (Å²) in [5, 5.41) is 0. The molecule has 4 aromatic carbocycles. The van der Waals surface area contributed by atoms with Crippen LogP contribution in [-0.4, -0.2) is 11.9 Å². The minimum atomic E-state index is -0.915. The van der Waals surface area contributed by atoms with Crippen molar-refractivity contribution in [3.05, 3.63) is 143 Å². The zero-order valence-corrected chi connectivity index (χ0v) is 26.7. The van der Waals surface area contributed by atoms with Crippen molar-refractivity contribution in [3.63, 3.8) is 0 Å². The molecule has 46 heavy (non-hydrogen) atoms. The van der Waals surface area contributed by atoms with Gasteiger partial charge in [-0.15, -0.1) is 0 Å². The van der Waals surface area contributed by atoms with Gasteiger partial charge in [0.05, 0.1) is 17.4 Å². The summed E-state index contributed by atoms with van der Waals surface area (Å²) in [7, 11) is 0. The molecule has 0 unspecified atom stereocenters. The first-order chi connectivity index (χ1) is 22.2. The SMILES string of the molecule is CC(C)(C)C(=O)Oc1ccc(C2(C(=O)Oc3ccccc3)CCC(=C(NOCc3ccccc3)OCc3ccccc3)CC2)cc1. The third-order valence-corrected chi connectivity index (χ3v) is 8.08. The number of carbonyl (C=O) groups excluding carboxylic acids is 2. The number of nitrogens with one attached hydrogen (secondary N) is 1. The maximum absolute atomic E-state index is 14.0. The van der Waals surface area contributed by atoms with Gasteiger partial charge < -0.3 is 14.2 Å². The molecule has 0 aromatic heterocycles. The molecule has 0 radical (unpaired) electrons. The molecule has 0 atom stereocenters. The van der Waals surface area contributed by atoms with E-state index >= 15 is 0 Å². The van der Waals surface area contributed by atoms with E-state index in [0.29, 0.717) is 56.3 Å². The highest BCUT2D eigenvalue weighted by molar-refractivity contribution is 5.85. The van der Waals surface area contributed by atoms with Gasteiger partial charge in [0.15, 0.2) is 0 Å². The molecule has 0 saturated heterocycles. The lowest BCUT2D eigenvalue weighted by molar-refractivity contribution is -0.143. The Bertz CT molecular complexity index is 1600. The Morgan fingerprint density at radius 1 is 0.674 bits per heavy atom. The predicted octanol–water partition coefficient (Wildman–Crippen LogP) is 8.21. The number of hydroxylamine groups is 1. The number of ether oxygens (including phenoxy) is 3. The van der Waals surface area contributed by atoms with Gasteiger partial charge in [-0.1, -0.05) is 91.0 Å². The average Bonchev–Trinajstić information content (AvgIpc) is 3.07. The molecule has 0 amide bonds. The lowest BCUT2D eigenvalue weighted by atomic mass is 9.68. The highest BCUT2D eigenvalue weighted by Crippen LogP contribution is 2.44. The molecule has 0 heterocycles. The smallest absolute Gasteiger partial charge is 0.321 e. The molecule has 5 rings (SSSR count). The van der Waals surface area contributed by atoms with Crippen molar-refractivity contribution < 1.29 is 28.6 Å². The van der Waals surface area contributed by atoms with E-state index in [1.165, 1.54) is 0 Å². The molecule has 1 aliphatic rings. The number of rotatable bonds is 11. The Morgan fingerprint density at radius 3 is 1.76 bits per heavy atom. The van der Waals surface area contributed by atoms with Gasteiger partial charge in [0.25, 0.3) is 0 Å². The second kappa shape index (κ2) is 14.9. The molecule has 4 aromatic rings. The van der Waals surface area contributed by atoms with Crippen LogP contribution in [0.15, 0.2) is 127 Å². The summed E-state index contributed by atoms with van der Waals surface area (Å²) in [6, 6.07) is 36.2. The van der Waals surface area contributed by atoms with Gasteiger partial charge >= 0.3 is 11.9 Å². The fraction of sp³-hybridized carbons (Fsp3) is 0.282. The van der Waals surface area contributed by atoms with Gasteiger partial charge in [-0.3, -0.25) is 14.4 Å². The van der Waals surface area contributed by atoms with Gasteiger partial charge in [-0.05, 0) is 93.0 Å². The van der Waals surface area contributed by atoms with Gasteiger partial charge in [0.2, 0.25) is 5.88 Å². The Balaban J connectivity index is 1.38. The second-order valence-electron chi connectivity index (χ2n) is 12.5. The van der Waals surface area contributed by atoms with Gasteiger partial charge in [-0.25, -0.2) is 5.48 Å². The van der Waals surface area contributed by atoms with Gasteiger partial charge in [-0.2, -0.15) is 0 Å². The van der Waals surface area contributed by atoms with Crippen LogP contribution in [0.1, 0.15) is 63.1 Å². The van der Waals surface area contributed by atoms with E-state index in [0.717, 1.165) is 22.3 Å². The maximum atomic E-state index is 14.0. The Morgan fingerprint density at radius 2 is 1.20 bits per heavy atom. The molecule has 7 heteroatoms. The summed E-state index contributed by atoms with van der Waals surface area (Å²) in [4.78, 5) is 32.4. The summed E-state index contributed by atoms with van der Waals surface area (Å²) in [5.41, 5.74) is 5.43. The molecule has 1 fully saturated rings. The fourth-order valence-electron chi connectivity index (χ4n) is 5.30. The van der Waals surface area contributed by atoms with Crippen LogP contribution in [0.25, 0.3) is 0 Å². The maximum Gasteiger partial charge on any atom is 0.321 e. The molecule has 1 saturated carbocycles. The van der Waals surface area contributed by atoms with E-state index in [1.54, 1.807) is 24.3 Å². The van der Waals surface area contributed by atoms with Crippen LogP contribution >= 0.6 is 0 Å². The number of hydrogen-bond acceptors (Lipinski definition) is 7. The summed E-state index contributed by atoms with van der Waals surface area (Å²) >= 11 is 0. The number of benzene rings is 4.